The number of hydrogen-bond donors (Lipinski definition) is 1. The molecule has 19 heavy (non-hydrogen) atoms. The first kappa shape index (κ1) is 13.5. The van der Waals surface area contributed by atoms with Gasteiger partial charge < -0.3 is 10.5 Å². The van der Waals surface area contributed by atoms with Crippen LogP contribution in [0, 0.1) is 0 Å². The maximum absolute atomic E-state index is 5.85. The molecule has 2 aromatic rings. The fourth-order valence-electron chi connectivity index (χ4n) is 2.00. The summed E-state index contributed by atoms with van der Waals surface area (Å²) < 4.78 is 7.69. The maximum Gasteiger partial charge on any atom is 0.122 e. The number of nitrogen functional groups attached to an aromatic ring is 1. The van der Waals surface area contributed by atoms with Gasteiger partial charge in [-0.05, 0) is 17.5 Å². The SMILES string of the molecule is CC(C)c1ccccc1OCCCn1cc(N)cn1. The predicted octanol–water partition coefficient (Wildman–Crippen LogP) is 3.06. The molecule has 4 heteroatoms. The van der Waals surface area contributed by atoms with Crippen LogP contribution in [-0.2, 0) is 6.54 Å². The zero-order valence-electron chi connectivity index (χ0n) is 11.5. The summed E-state index contributed by atoms with van der Waals surface area (Å²) in [6, 6.07) is 8.21. The van der Waals surface area contributed by atoms with Crippen molar-refractivity contribution in [2.45, 2.75) is 32.7 Å². The highest BCUT2D eigenvalue weighted by molar-refractivity contribution is 5.35. The van der Waals surface area contributed by atoms with Crippen molar-refractivity contribution in [2.75, 3.05) is 12.3 Å². The Morgan fingerprint density at radius 3 is 2.79 bits per heavy atom. The molecule has 0 aliphatic heterocycles. The lowest BCUT2D eigenvalue weighted by Crippen LogP contribution is -2.06. The van der Waals surface area contributed by atoms with Gasteiger partial charge in [0.2, 0.25) is 0 Å². The first-order valence-corrected chi connectivity index (χ1v) is 6.66. The predicted molar refractivity (Wildman–Crippen MR) is 77.3 cm³/mol. The third kappa shape index (κ3) is 3.74. The van der Waals surface area contributed by atoms with Gasteiger partial charge in [0, 0.05) is 19.2 Å². The van der Waals surface area contributed by atoms with Crippen molar-refractivity contribution >= 4 is 5.69 Å². The number of nitrogens with two attached hydrogens (primary N) is 1. The number of anilines is 1. The summed E-state index contributed by atoms with van der Waals surface area (Å²) in [5, 5.41) is 4.14. The highest BCUT2D eigenvalue weighted by atomic mass is 16.5. The minimum Gasteiger partial charge on any atom is -0.493 e. The second-order valence-electron chi connectivity index (χ2n) is 4.93. The summed E-state index contributed by atoms with van der Waals surface area (Å²) in [6.07, 6.45) is 4.41. The van der Waals surface area contributed by atoms with Gasteiger partial charge in [-0.3, -0.25) is 4.68 Å². The third-order valence-corrected chi connectivity index (χ3v) is 2.98. The summed E-state index contributed by atoms with van der Waals surface area (Å²) >= 11 is 0. The van der Waals surface area contributed by atoms with Gasteiger partial charge >= 0.3 is 0 Å². The van der Waals surface area contributed by atoms with Crippen molar-refractivity contribution in [1.82, 2.24) is 9.78 Å². The first-order chi connectivity index (χ1) is 9.16. The molecule has 0 radical (unpaired) electrons. The maximum atomic E-state index is 5.85. The Kier molecular flexibility index (Phi) is 4.44. The summed E-state index contributed by atoms with van der Waals surface area (Å²) in [5.74, 6) is 1.46. The Labute approximate surface area is 114 Å². The summed E-state index contributed by atoms with van der Waals surface area (Å²) in [4.78, 5) is 0. The van der Waals surface area contributed by atoms with E-state index in [0.717, 1.165) is 18.7 Å². The molecule has 1 heterocycles. The van der Waals surface area contributed by atoms with Crippen molar-refractivity contribution in [1.29, 1.82) is 0 Å². The van der Waals surface area contributed by atoms with Crippen LogP contribution in [0.5, 0.6) is 5.75 Å². The van der Waals surface area contributed by atoms with Crippen LogP contribution in [0.25, 0.3) is 0 Å². The van der Waals surface area contributed by atoms with Gasteiger partial charge in [-0.1, -0.05) is 32.0 Å². The van der Waals surface area contributed by atoms with Crippen LogP contribution in [0.15, 0.2) is 36.7 Å². The number of aromatic nitrogens is 2. The van der Waals surface area contributed by atoms with Crippen molar-refractivity contribution < 1.29 is 4.74 Å². The van der Waals surface area contributed by atoms with E-state index in [1.54, 1.807) is 6.20 Å². The second kappa shape index (κ2) is 6.27. The summed E-state index contributed by atoms with van der Waals surface area (Å²) in [5.41, 5.74) is 7.57. The number of hydrogen-bond acceptors (Lipinski definition) is 3. The van der Waals surface area contributed by atoms with Crippen molar-refractivity contribution in [3.63, 3.8) is 0 Å². The van der Waals surface area contributed by atoms with E-state index in [2.05, 4.69) is 31.1 Å². The molecule has 1 aromatic carbocycles. The zero-order valence-corrected chi connectivity index (χ0v) is 11.5. The number of benzene rings is 1. The first-order valence-electron chi connectivity index (χ1n) is 6.66. The number of ether oxygens (including phenoxy) is 1. The van der Waals surface area contributed by atoms with Crippen LogP contribution in [0.2, 0.25) is 0 Å². The topological polar surface area (TPSA) is 53.1 Å². The van der Waals surface area contributed by atoms with E-state index in [1.165, 1.54) is 5.56 Å². The van der Waals surface area contributed by atoms with Crippen LogP contribution in [-0.4, -0.2) is 16.4 Å². The zero-order chi connectivity index (χ0) is 13.7. The molecule has 2 N–H and O–H groups in total. The summed E-state index contributed by atoms with van der Waals surface area (Å²) in [7, 11) is 0. The van der Waals surface area contributed by atoms with E-state index in [-0.39, 0.29) is 0 Å². The Morgan fingerprint density at radius 1 is 1.32 bits per heavy atom. The summed E-state index contributed by atoms with van der Waals surface area (Å²) in [6.45, 7) is 5.86. The number of nitrogens with zero attached hydrogens (tertiary/aromatic N) is 2. The van der Waals surface area contributed by atoms with Crippen LogP contribution >= 0.6 is 0 Å². The Hall–Kier alpha value is -1.97. The molecule has 0 saturated heterocycles. The van der Waals surface area contributed by atoms with E-state index in [0.29, 0.717) is 18.2 Å². The fourth-order valence-corrected chi connectivity index (χ4v) is 2.00. The molecule has 1 aromatic heterocycles. The molecule has 2 rings (SSSR count). The molecule has 0 fully saturated rings. The molecular weight excluding hydrogens is 238 g/mol. The second-order valence-corrected chi connectivity index (χ2v) is 4.93. The molecule has 0 amide bonds. The third-order valence-electron chi connectivity index (χ3n) is 2.98. The minimum absolute atomic E-state index is 0.474. The molecule has 0 atom stereocenters. The highest BCUT2D eigenvalue weighted by Crippen LogP contribution is 2.25. The Bertz CT molecular complexity index is 520. The van der Waals surface area contributed by atoms with Crippen LogP contribution in [0.1, 0.15) is 31.7 Å². The quantitative estimate of drug-likeness (QED) is 0.811. The average Bonchev–Trinajstić information content (AvgIpc) is 2.81. The Balaban J connectivity index is 1.82. The van der Waals surface area contributed by atoms with E-state index in [1.807, 2.05) is 23.0 Å². The molecule has 0 aliphatic rings. The van der Waals surface area contributed by atoms with E-state index in [4.69, 9.17) is 10.5 Å². The van der Waals surface area contributed by atoms with Crippen LogP contribution in [0.3, 0.4) is 0 Å². The van der Waals surface area contributed by atoms with Crippen LogP contribution in [0.4, 0.5) is 5.69 Å². The van der Waals surface area contributed by atoms with Gasteiger partial charge in [-0.15, -0.1) is 0 Å². The molecule has 0 unspecified atom stereocenters. The lowest BCUT2D eigenvalue weighted by Gasteiger charge is -2.13. The molecule has 4 nitrogen and oxygen atoms in total. The molecular formula is C15H21N3O. The number of para-hydroxylation sites is 1. The van der Waals surface area contributed by atoms with Gasteiger partial charge in [-0.2, -0.15) is 5.10 Å². The normalized spacial score (nSPS) is 10.9. The molecule has 0 spiro atoms. The minimum atomic E-state index is 0.474. The van der Waals surface area contributed by atoms with E-state index >= 15 is 0 Å². The lowest BCUT2D eigenvalue weighted by atomic mass is 10.0. The van der Waals surface area contributed by atoms with Gasteiger partial charge in [0.25, 0.3) is 0 Å². The molecule has 0 saturated carbocycles. The smallest absolute Gasteiger partial charge is 0.122 e. The highest BCUT2D eigenvalue weighted by Gasteiger charge is 2.06. The largest absolute Gasteiger partial charge is 0.493 e. The fraction of sp³-hybridized carbons (Fsp3) is 0.400. The lowest BCUT2D eigenvalue weighted by molar-refractivity contribution is 0.295. The van der Waals surface area contributed by atoms with E-state index < -0.39 is 0 Å². The van der Waals surface area contributed by atoms with Gasteiger partial charge in [0.1, 0.15) is 5.75 Å². The van der Waals surface area contributed by atoms with Gasteiger partial charge in [0.05, 0.1) is 18.5 Å². The molecule has 102 valence electrons. The molecule has 0 bridgehead atoms. The Morgan fingerprint density at radius 2 is 2.11 bits per heavy atom. The van der Waals surface area contributed by atoms with Crippen molar-refractivity contribution in [3.05, 3.63) is 42.2 Å². The number of rotatable bonds is 6. The van der Waals surface area contributed by atoms with Crippen molar-refractivity contribution in [3.8, 4) is 5.75 Å². The van der Waals surface area contributed by atoms with Gasteiger partial charge in [0.15, 0.2) is 0 Å². The van der Waals surface area contributed by atoms with Gasteiger partial charge in [-0.25, -0.2) is 0 Å². The monoisotopic (exact) mass is 259 g/mol. The van der Waals surface area contributed by atoms with Crippen LogP contribution < -0.4 is 10.5 Å². The molecule has 0 aliphatic carbocycles. The standard InChI is InChI=1S/C15H21N3O/c1-12(2)14-6-3-4-7-15(14)19-9-5-8-18-11-13(16)10-17-18/h3-4,6-7,10-12H,5,8-9,16H2,1-2H3. The average molecular weight is 259 g/mol. The number of aryl methyl sites for hydroxylation is 1. The van der Waals surface area contributed by atoms with Crippen molar-refractivity contribution in [2.24, 2.45) is 0 Å². The van der Waals surface area contributed by atoms with E-state index in [9.17, 15) is 0 Å².